The molecule has 1 heterocycles. The van der Waals surface area contributed by atoms with Gasteiger partial charge in [0.2, 0.25) is 10.0 Å². The van der Waals surface area contributed by atoms with Crippen molar-refractivity contribution in [2.75, 3.05) is 24.8 Å². The Morgan fingerprint density at radius 3 is 1.85 bits per heavy atom. The lowest BCUT2D eigenvalue weighted by atomic mass is 10.1. The molecule has 0 aliphatic carbocycles. The number of rotatable bonds is 6. The molecular weight excluding hydrogens is 391 g/mol. The molecule has 1 aliphatic rings. The smallest absolute Gasteiger partial charge is 0.243 e. The van der Waals surface area contributed by atoms with E-state index in [1.807, 2.05) is 18.2 Å². The summed E-state index contributed by atoms with van der Waals surface area (Å²) in [5.41, 5.74) is 1.16. The average Bonchev–Trinajstić information content (AvgIpc) is 2.69. The minimum absolute atomic E-state index is 0.0899. The molecule has 1 saturated heterocycles. The monoisotopic (exact) mass is 412 g/mol. The van der Waals surface area contributed by atoms with Gasteiger partial charge in [-0.15, -0.1) is 23.2 Å². The number of hydrogen-bond donors (Lipinski definition) is 0. The molecule has 26 heavy (non-hydrogen) atoms. The van der Waals surface area contributed by atoms with E-state index in [4.69, 9.17) is 23.2 Å². The van der Waals surface area contributed by atoms with Crippen LogP contribution in [0.5, 0.6) is 0 Å². The van der Waals surface area contributed by atoms with Gasteiger partial charge < -0.3 is 0 Å². The number of piperazine rings is 1. The van der Waals surface area contributed by atoms with E-state index in [1.54, 1.807) is 30.3 Å². The minimum Gasteiger partial charge on any atom is -0.288 e. The zero-order chi connectivity index (χ0) is 18.6. The summed E-state index contributed by atoms with van der Waals surface area (Å²) in [6.45, 7) is 1.43. The van der Waals surface area contributed by atoms with Gasteiger partial charge in [-0.2, -0.15) is 4.31 Å². The highest BCUT2D eigenvalue weighted by atomic mass is 35.5. The van der Waals surface area contributed by atoms with E-state index in [0.29, 0.717) is 36.3 Å². The summed E-state index contributed by atoms with van der Waals surface area (Å²) in [6.07, 6.45) is 0. The van der Waals surface area contributed by atoms with Crippen LogP contribution >= 0.6 is 23.2 Å². The molecule has 0 spiro atoms. The lowest BCUT2D eigenvalue weighted by Crippen LogP contribution is -2.60. The molecule has 1 aliphatic heterocycles. The molecule has 1 fully saturated rings. The summed E-state index contributed by atoms with van der Waals surface area (Å²) < 4.78 is 27.5. The van der Waals surface area contributed by atoms with Crippen molar-refractivity contribution >= 4 is 33.2 Å². The molecule has 0 aromatic heterocycles. The van der Waals surface area contributed by atoms with Crippen molar-refractivity contribution < 1.29 is 8.42 Å². The molecule has 4 nitrogen and oxygen atoms in total. The van der Waals surface area contributed by atoms with E-state index in [1.165, 1.54) is 4.31 Å². The van der Waals surface area contributed by atoms with Gasteiger partial charge in [0.15, 0.2) is 0 Å². The topological polar surface area (TPSA) is 40.6 Å². The predicted molar refractivity (Wildman–Crippen MR) is 106 cm³/mol. The van der Waals surface area contributed by atoms with Crippen LogP contribution in [0.15, 0.2) is 65.6 Å². The van der Waals surface area contributed by atoms with Crippen molar-refractivity contribution in [1.82, 2.24) is 9.21 Å². The average molecular weight is 413 g/mol. The number of benzene rings is 2. The Morgan fingerprint density at radius 2 is 1.35 bits per heavy atom. The number of nitrogens with zero attached hydrogens (tertiary/aromatic N) is 2. The third kappa shape index (κ3) is 4.24. The van der Waals surface area contributed by atoms with Crippen LogP contribution in [0.4, 0.5) is 0 Å². The summed E-state index contributed by atoms with van der Waals surface area (Å²) in [4.78, 5) is 2.53. The quantitative estimate of drug-likeness (QED) is 0.682. The first-order chi connectivity index (χ1) is 12.6. The van der Waals surface area contributed by atoms with Gasteiger partial charge in [-0.25, -0.2) is 8.42 Å². The molecule has 0 unspecified atom stereocenters. The van der Waals surface area contributed by atoms with E-state index in [-0.39, 0.29) is 12.1 Å². The third-order valence-electron chi connectivity index (χ3n) is 4.71. The number of halogens is 2. The summed E-state index contributed by atoms with van der Waals surface area (Å²) in [5.74, 6) is 0.696. The second-order valence-electron chi connectivity index (χ2n) is 6.41. The van der Waals surface area contributed by atoms with Gasteiger partial charge in [0.1, 0.15) is 0 Å². The maximum atomic E-state index is 13.0. The van der Waals surface area contributed by atoms with E-state index in [2.05, 4.69) is 17.0 Å². The Kier molecular flexibility index (Phi) is 6.59. The first-order valence-electron chi connectivity index (χ1n) is 8.53. The summed E-state index contributed by atoms with van der Waals surface area (Å²) in [7, 11) is -3.55. The normalized spacial score (nSPS) is 22.4. The van der Waals surface area contributed by atoms with Gasteiger partial charge >= 0.3 is 0 Å². The van der Waals surface area contributed by atoms with Crippen LogP contribution in [-0.2, 0) is 16.6 Å². The molecule has 0 saturated carbocycles. The van der Waals surface area contributed by atoms with Crippen LogP contribution < -0.4 is 0 Å². The maximum Gasteiger partial charge on any atom is 0.243 e. The zero-order valence-corrected chi connectivity index (χ0v) is 16.7. The van der Waals surface area contributed by atoms with E-state index in [0.717, 1.165) is 5.56 Å². The van der Waals surface area contributed by atoms with Crippen molar-refractivity contribution in [2.24, 2.45) is 0 Å². The molecular formula is C19H22Cl2N2O2S. The van der Waals surface area contributed by atoms with Crippen LogP contribution in [-0.4, -0.2) is 54.6 Å². The Bertz CT molecular complexity index is 789. The van der Waals surface area contributed by atoms with Gasteiger partial charge in [0.05, 0.1) is 4.90 Å². The molecule has 0 amide bonds. The number of hydrogen-bond acceptors (Lipinski definition) is 3. The van der Waals surface area contributed by atoms with Crippen LogP contribution in [0.25, 0.3) is 0 Å². The molecule has 2 atom stereocenters. The molecule has 0 N–H and O–H groups in total. The summed E-state index contributed by atoms with van der Waals surface area (Å²) >= 11 is 12.4. The van der Waals surface area contributed by atoms with E-state index in [9.17, 15) is 8.42 Å². The third-order valence-corrected chi connectivity index (χ3v) is 7.27. The highest BCUT2D eigenvalue weighted by molar-refractivity contribution is 7.89. The predicted octanol–water partition coefficient (Wildman–Crippen LogP) is 3.41. The van der Waals surface area contributed by atoms with Crippen molar-refractivity contribution in [3.8, 4) is 0 Å². The van der Waals surface area contributed by atoms with Crippen LogP contribution in [0.1, 0.15) is 5.56 Å². The number of alkyl halides is 2. The van der Waals surface area contributed by atoms with Crippen LogP contribution in [0, 0.1) is 0 Å². The molecule has 0 radical (unpaired) electrons. The first-order valence-corrected chi connectivity index (χ1v) is 11.0. The molecule has 7 heteroatoms. The van der Waals surface area contributed by atoms with Gasteiger partial charge in [0.25, 0.3) is 0 Å². The SMILES string of the molecule is O=S(=O)(c1ccccc1)N1C[C@@H](CCl)N(Cc2ccccc2)[C@@H](CCl)C1. The van der Waals surface area contributed by atoms with E-state index >= 15 is 0 Å². The minimum atomic E-state index is -3.55. The lowest BCUT2D eigenvalue weighted by Gasteiger charge is -2.45. The fraction of sp³-hybridized carbons (Fsp3) is 0.368. The molecule has 3 rings (SSSR count). The van der Waals surface area contributed by atoms with Crippen molar-refractivity contribution in [1.29, 1.82) is 0 Å². The Morgan fingerprint density at radius 1 is 0.846 bits per heavy atom. The van der Waals surface area contributed by atoms with Gasteiger partial charge in [-0.1, -0.05) is 48.5 Å². The zero-order valence-electron chi connectivity index (χ0n) is 14.3. The van der Waals surface area contributed by atoms with Gasteiger partial charge in [-0.05, 0) is 17.7 Å². The Balaban J connectivity index is 1.84. The van der Waals surface area contributed by atoms with E-state index < -0.39 is 10.0 Å². The van der Waals surface area contributed by atoms with Crippen molar-refractivity contribution in [2.45, 2.75) is 23.5 Å². The molecule has 2 aromatic rings. The second-order valence-corrected chi connectivity index (χ2v) is 8.96. The molecule has 0 bridgehead atoms. The maximum absolute atomic E-state index is 13.0. The molecule has 2 aromatic carbocycles. The number of sulfonamides is 1. The van der Waals surface area contributed by atoms with Crippen molar-refractivity contribution in [3.05, 3.63) is 66.2 Å². The van der Waals surface area contributed by atoms with Crippen molar-refractivity contribution in [3.63, 3.8) is 0 Å². The summed E-state index contributed by atoms with van der Waals surface area (Å²) in [5, 5.41) is 0. The van der Waals surface area contributed by atoms with Crippen LogP contribution in [0.2, 0.25) is 0 Å². The Hall–Kier alpha value is -1.11. The second kappa shape index (κ2) is 8.72. The molecule has 140 valence electrons. The van der Waals surface area contributed by atoms with Gasteiger partial charge in [0, 0.05) is 43.5 Å². The highest BCUT2D eigenvalue weighted by Crippen LogP contribution is 2.26. The fourth-order valence-corrected chi connectivity index (χ4v) is 5.40. The van der Waals surface area contributed by atoms with Crippen LogP contribution in [0.3, 0.4) is 0 Å². The largest absolute Gasteiger partial charge is 0.288 e. The highest BCUT2D eigenvalue weighted by Gasteiger charge is 2.38. The fourth-order valence-electron chi connectivity index (χ4n) is 3.32. The van der Waals surface area contributed by atoms with Gasteiger partial charge in [-0.3, -0.25) is 4.90 Å². The lowest BCUT2D eigenvalue weighted by molar-refractivity contribution is 0.0734. The summed E-state index contributed by atoms with van der Waals surface area (Å²) in [6, 6.07) is 18.4. The Labute approximate surface area is 165 Å². The first kappa shape index (κ1) is 19.6. The standard InChI is InChI=1S/C19H22Cl2N2O2S/c20-11-17-14-22(26(24,25)19-9-5-2-6-10-19)15-18(12-21)23(17)13-16-7-3-1-4-8-16/h1-10,17-18H,11-15H2/t17-,18+.